The number of nitrogens with one attached hydrogen (secondary N) is 1. The minimum absolute atomic E-state index is 0.213. The number of fused-ring (bicyclic) bond motifs is 2. The Labute approximate surface area is 142 Å². The van der Waals surface area contributed by atoms with Gasteiger partial charge >= 0.3 is 0 Å². The Hall–Kier alpha value is -2.15. The third-order valence-corrected chi connectivity index (χ3v) is 4.89. The lowest BCUT2D eigenvalue weighted by Gasteiger charge is -2.16. The van der Waals surface area contributed by atoms with Crippen molar-refractivity contribution in [2.75, 3.05) is 12.4 Å². The van der Waals surface area contributed by atoms with Crippen LogP contribution in [0.4, 0.5) is 5.82 Å². The van der Waals surface area contributed by atoms with Crippen molar-refractivity contribution in [1.29, 1.82) is 0 Å². The average Bonchev–Trinajstić information content (AvgIpc) is 3.10. The molecule has 2 aromatic heterocycles. The van der Waals surface area contributed by atoms with Gasteiger partial charge in [-0.15, -0.1) is 0 Å². The van der Waals surface area contributed by atoms with Crippen LogP contribution in [0.3, 0.4) is 0 Å². The first-order chi connectivity index (χ1) is 11.2. The lowest BCUT2D eigenvalue weighted by molar-refractivity contribution is 0.410. The van der Waals surface area contributed by atoms with Crippen LogP contribution in [0.5, 0.6) is 5.75 Å². The summed E-state index contributed by atoms with van der Waals surface area (Å²) in [5.41, 5.74) is 3.36. The van der Waals surface area contributed by atoms with E-state index in [0.717, 1.165) is 40.0 Å². The van der Waals surface area contributed by atoms with Crippen LogP contribution in [0.15, 0.2) is 29.1 Å². The largest absolute Gasteiger partial charge is 0.496 e. The summed E-state index contributed by atoms with van der Waals surface area (Å²) < 4.78 is 7.97. The second-order valence-corrected chi connectivity index (χ2v) is 6.35. The second kappa shape index (κ2) is 5.49. The molecule has 1 atom stereocenters. The summed E-state index contributed by atoms with van der Waals surface area (Å²) in [7, 11) is 3.59. The molecule has 6 nitrogen and oxygen atoms in total. The molecule has 0 amide bonds. The van der Waals surface area contributed by atoms with Gasteiger partial charge in [0.2, 0.25) is 0 Å². The predicted octanol–water partition coefficient (Wildman–Crippen LogP) is 3.23. The number of hydrogen-bond donors (Lipinski definition) is 1. The van der Waals surface area contributed by atoms with Crippen LogP contribution in [0.2, 0.25) is 0 Å². The zero-order chi connectivity index (χ0) is 16.0. The van der Waals surface area contributed by atoms with E-state index in [-0.39, 0.29) is 6.04 Å². The number of hydrogen-bond acceptors (Lipinski definition) is 5. The zero-order valence-electron chi connectivity index (χ0n) is 12.9. The van der Waals surface area contributed by atoms with Crippen LogP contribution in [0.25, 0.3) is 11.0 Å². The van der Waals surface area contributed by atoms with Gasteiger partial charge in [-0.05, 0) is 46.0 Å². The van der Waals surface area contributed by atoms with Gasteiger partial charge in [-0.25, -0.2) is 14.6 Å². The number of anilines is 1. The third kappa shape index (κ3) is 2.26. The van der Waals surface area contributed by atoms with E-state index >= 15 is 0 Å². The molecule has 0 spiro atoms. The molecule has 1 N–H and O–H groups in total. The van der Waals surface area contributed by atoms with Crippen molar-refractivity contribution in [2.24, 2.45) is 7.05 Å². The lowest BCUT2D eigenvalue weighted by atomic mass is 10.1. The molecule has 1 aliphatic carbocycles. The first-order valence-electron chi connectivity index (χ1n) is 7.44. The molecule has 23 heavy (non-hydrogen) atoms. The lowest BCUT2D eigenvalue weighted by Crippen LogP contribution is -2.09. The van der Waals surface area contributed by atoms with Gasteiger partial charge in [0, 0.05) is 7.05 Å². The number of halogens is 1. The number of aryl methyl sites for hydroxylation is 1. The molecule has 118 valence electrons. The van der Waals surface area contributed by atoms with E-state index in [9.17, 15) is 0 Å². The Morgan fingerprint density at radius 2 is 2.22 bits per heavy atom. The Kier molecular flexibility index (Phi) is 3.45. The summed E-state index contributed by atoms with van der Waals surface area (Å²) in [6.07, 6.45) is 3.58. The van der Waals surface area contributed by atoms with Crippen molar-refractivity contribution in [2.45, 2.75) is 18.9 Å². The fourth-order valence-electron chi connectivity index (χ4n) is 3.28. The van der Waals surface area contributed by atoms with E-state index in [2.05, 4.69) is 42.4 Å². The van der Waals surface area contributed by atoms with Crippen molar-refractivity contribution in [3.05, 3.63) is 40.3 Å². The van der Waals surface area contributed by atoms with E-state index in [1.807, 2.05) is 19.2 Å². The van der Waals surface area contributed by atoms with Crippen molar-refractivity contribution >= 4 is 32.8 Å². The topological polar surface area (TPSA) is 64.9 Å². The van der Waals surface area contributed by atoms with E-state index < -0.39 is 0 Å². The maximum atomic E-state index is 5.47. The van der Waals surface area contributed by atoms with Gasteiger partial charge in [0.05, 0.1) is 18.5 Å². The molecule has 4 rings (SSSR count). The SMILES string of the molecule is COc1cccc2c1CCC2Nc1ncnc2c1c(Br)nn2C. The highest BCUT2D eigenvalue weighted by Gasteiger charge is 2.26. The Bertz CT molecular complexity index is 892. The molecule has 7 heteroatoms. The first kappa shape index (κ1) is 14.4. The maximum Gasteiger partial charge on any atom is 0.164 e. The summed E-state index contributed by atoms with van der Waals surface area (Å²) in [6, 6.07) is 6.42. The predicted molar refractivity (Wildman–Crippen MR) is 91.7 cm³/mol. The average molecular weight is 374 g/mol. The number of aromatic nitrogens is 4. The number of ether oxygens (including phenoxy) is 1. The van der Waals surface area contributed by atoms with Crippen LogP contribution in [0.1, 0.15) is 23.6 Å². The second-order valence-electron chi connectivity index (χ2n) is 5.60. The smallest absolute Gasteiger partial charge is 0.164 e. The van der Waals surface area contributed by atoms with E-state index in [1.54, 1.807) is 18.1 Å². The fourth-order valence-corrected chi connectivity index (χ4v) is 3.88. The summed E-state index contributed by atoms with van der Waals surface area (Å²) in [5.74, 6) is 1.76. The Morgan fingerprint density at radius 1 is 1.35 bits per heavy atom. The van der Waals surface area contributed by atoms with E-state index in [0.29, 0.717) is 0 Å². The molecule has 1 unspecified atom stereocenters. The summed E-state index contributed by atoms with van der Waals surface area (Å²) in [5, 5.41) is 8.83. The molecule has 0 bridgehead atoms. The van der Waals surface area contributed by atoms with Gasteiger partial charge < -0.3 is 10.1 Å². The molecule has 0 aliphatic heterocycles. The van der Waals surface area contributed by atoms with Crippen LogP contribution in [-0.4, -0.2) is 26.9 Å². The highest BCUT2D eigenvalue weighted by Crippen LogP contribution is 2.39. The molecule has 1 aromatic carbocycles. The number of methoxy groups -OCH3 is 1. The van der Waals surface area contributed by atoms with Gasteiger partial charge in [0.25, 0.3) is 0 Å². The highest BCUT2D eigenvalue weighted by atomic mass is 79.9. The van der Waals surface area contributed by atoms with E-state index in [1.165, 1.54) is 11.1 Å². The third-order valence-electron chi connectivity index (χ3n) is 4.34. The summed E-state index contributed by atoms with van der Waals surface area (Å²) >= 11 is 3.50. The molecule has 0 saturated heterocycles. The van der Waals surface area contributed by atoms with Gasteiger partial charge in [0.1, 0.15) is 22.5 Å². The van der Waals surface area contributed by atoms with Crippen LogP contribution in [0, 0.1) is 0 Å². The van der Waals surface area contributed by atoms with Crippen molar-refractivity contribution in [3.63, 3.8) is 0 Å². The summed E-state index contributed by atoms with van der Waals surface area (Å²) in [6.45, 7) is 0. The number of nitrogens with zero attached hydrogens (tertiary/aromatic N) is 4. The maximum absolute atomic E-state index is 5.47. The minimum Gasteiger partial charge on any atom is -0.496 e. The molecular formula is C16H16BrN5O. The molecule has 3 aromatic rings. The van der Waals surface area contributed by atoms with Crippen molar-refractivity contribution in [3.8, 4) is 5.75 Å². The quantitative estimate of drug-likeness (QED) is 0.763. The minimum atomic E-state index is 0.213. The summed E-state index contributed by atoms with van der Waals surface area (Å²) in [4.78, 5) is 8.73. The van der Waals surface area contributed by atoms with Gasteiger partial charge in [-0.1, -0.05) is 12.1 Å². The van der Waals surface area contributed by atoms with Crippen LogP contribution in [-0.2, 0) is 13.5 Å². The van der Waals surface area contributed by atoms with Crippen LogP contribution >= 0.6 is 15.9 Å². The van der Waals surface area contributed by atoms with Gasteiger partial charge in [0.15, 0.2) is 5.65 Å². The molecule has 2 heterocycles. The fraction of sp³-hybridized carbons (Fsp3) is 0.312. The van der Waals surface area contributed by atoms with Crippen LogP contribution < -0.4 is 10.1 Å². The normalized spacial score (nSPS) is 16.6. The van der Waals surface area contributed by atoms with E-state index in [4.69, 9.17) is 4.74 Å². The molecule has 0 radical (unpaired) electrons. The molecule has 0 saturated carbocycles. The van der Waals surface area contributed by atoms with Gasteiger partial charge in [-0.3, -0.25) is 0 Å². The number of rotatable bonds is 3. The highest BCUT2D eigenvalue weighted by molar-refractivity contribution is 9.10. The molecule has 1 aliphatic rings. The molecule has 0 fully saturated rings. The Morgan fingerprint density at radius 3 is 3.04 bits per heavy atom. The monoisotopic (exact) mass is 373 g/mol. The first-order valence-corrected chi connectivity index (χ1v) is 8.24. The van der Waals surface area contributed by atoms with Gasteiger partial charge in [-0.2, -0.15) is 5.10 Å². The van der Waals surface area contributed by atoms with Crippen molar-refractivity contribution < 1.29 is 4.74 Å². The standard InChI is InChI=1S/C16H16BrN5O/c1-22-16-13(14(17)21-22)15(18-8-19-16)20-11-7-6-10-9(11)4-3-5-12(10)23-2/h3-5,8,11H,6-7H2,1-2H3,(H,18,19,20). The Balaban J connectivity index is 1.74. The molecular weight excluding hydrogens is 358 g/mol. The number of benzene rings is 1. The zero-order valence-corrected chi connectivity index (χ0v) is 14.5. The van der Waals surface area contributed by atoms with Crippen molar-refractivity contribution in [1.82, 2.24) is 19.7 Å².